The van der Waals surface area contributed by atoms with Crippen LogP contribution in [-0.2, 0) is 27.8 Å². The lowest BCUT2D eigenvalue weighted by Crippen LogP contribution is -2.60. The van der Waals surface area contributed by atoms with Crippen LogP contribution in [0.25, 0.3) is 0 Å². The van der Waals surface area contributed by atoms with Crippen LogP contribution in [0.15, 0.2) is 47.6 Å². The van der Waals surface area contributed by atoms with E-state index in [0.717, 1.165) is 16.8 Å². The van der Waals surface area contributed by atoms with Gasteiger partial charge in [-0.3, -0.25) is 15.2 Å². The summed E-state index contributed by atoms with van der Waals surface area (Å²) in [6, 6.07) is 8.49. The third-order valence-electron chi connectivity index (χ3n) is 6.22. The summed E-state index contributed by atoms with van der Waals surface area (Å²) >= 11 is 0. The van der Waals surface area contributed by atoms with Gasteiger partial charge in [-0.15, -0.1) is 24.8 Å². The molecule has 2 aliphatic heterocycles. The van der Waals surface area contributed by atoms with Gasteiger partial charge in [0.15, 0.2) is 5.96 Å². The van der Waals surface area contributed by atoms with E-state index in [9.17, 15) is 18.3 Å². The second-order valence-electron chi connectivity index (χ2n) is 8.17. The summed E-state index contributed by atoms with van der Waals surface area (Å²) in [5.41, 5.74) is 6.69. The lowest BCUT2D eigenvalue weighted by atomic mass is 9.88. The van der Waals surface area contributed by atoms with Crippen molar-refractivity contribution in [2.24, 2.45) is 5.73 Å². The summed E-state index contributed by atoms with van der Waals surface area (Å²) in [5.74, 6) is -1.25. The molecule has 0 bridgehead atoms. The van der Waals surface area contributed by atoms with Crippen LogP contribution in [0.3, 0.4) is 0 Å². The van der Waals surface area contributed by atoms with E-state index in [-0.39, 0.29) is 48.5 Å². The molecule has 0 unspecified atom stereocenters. The summed E-state index contributed by atoms with van der Waals surface area (Å²) in [5, 5.41) is 17.6. The zero-order chi connectivity index (χ0) is 22.9. The van der Waals surface area contributed by atoms with Crippen molar-refractivity contribution in [2.75, 3.05) is 24.5 Å². The van der Waals surface area contributed by atoms with Gasteiger partial charge in [0, 0.05) is 44.3 Å². The van der Waals surface area contributed by atoms with E-state index in [1.54, 1.807) is 29.4 Å². The Balaban J connectivity index is 0.00000204. The molecular formula is C21H28Cl2N6O4S. The van der Waals surface area contributed by atoms with Gasteiger partial charge in [0.05, 0.1) is 4.90 Å². The molecule has 1 aromatic heterocycles. The van der Waals surface area contributed by atoms with E-state index in [0.29, 0.717) is 32.6 Å². The normalized spacial score (nSPS) is 17.1. The number of halogens is 2. The molecular weight excluding hydrogens is 503 g/mol. The number of aliphatic carboxylic acids is 1. The number of carbonyl (C=O) groups is 1. The number of fused-ring (bicyclic) bond motifs is 1. The van der Waals surface area contributed by atoms with Crippen molar-refractivity contribution in [2.45, 2.75) is 36.2 Å². The van der Waals surface area contributed by atoms with Gasteiger partial charge in [0.1, 0.15) is 5.54 Å². The zero-order valence-electron chi connectivity index (χ0n) is 18.3. The number of hydrogen-bond acceptors (Lipinski definition) is 6. The molecule has 10 nitrogen and oxygen atoms in total. The second kappa shape index (κ2) is 10.8. The van der Waals surface area contributed by atoms with E-state index in [2.05, 4.69) is 9.71 Å². The van der Waals surface area contributed by atoms with Crippen LogP contribution in [0.5, 0.6) is 0 Å². The molecule has 2 aliphatic rings. The number of hydrogen-bond donors (Lipinski definition) is 4. The molecule has 0 amide bonds. The first-order valence-electron chi connectivity index (χ1n) is 10.3. The quantitative estimate of drug-likeness (QED) is 0.335. The summed E-state index contributed by atoms with van der Waals surface area (Å²) < 4.78 is 28.9. The molecule has 2 aromatic rings. The molecule has 1 fully saturated rings. The van der Waals surface area contributed by atoms with Crippen LogP contribution in [0, 0.1) is 5.41 Å². The molecule has 4 rings (SSSR count). The first-order valence-corrected chi connectivity index (χ1v) is 11.8. The number of nitrogens with two attached hydrogens (primary N) is 1. The third kappa shape index (κ3) is 5.54. The Morgan fingerprint density at radius 2 is 1.74 bits per heavy atom. The summed E-state index contributed by atoms with van der Waals surface area (Å²) in [7, 11) is -4.08. The highest BCUT2D eigenvalue weighted by molar-refractivity contribution is 7.89. The molecule has 0 saturated carbocycles. The fraction of sp³-hybridized carbons (Fsp3) is 0.381. The summed E-state index contributed by atoms with van der Waals surface area (Å²) in [4.78, 5) is 19.9. The first-order chi connectivity index (χ1) is 15.2. The van der Waals surface area contributed by atoms with Gasteiger partial charge in [-0.25, -0.2) is 8.42 Å². The Morgan fingerprint density at radius 3 is 2.32 bits per heavy atom. The molecule has 0 aliphatic carbocycles. The van der Waals surface area contributed by atoms with E-state index in [1.165, 1.54) is 6.07 Å². The molecule has 0 radical (unpaired) electrons. The topological polar surface area (TPSA) is 153 Å². The van der Waals surface area contributed by atoms with Crippen molar-refractivity contribution >= 4 is 52.5 Å². The number of anilines is 1. The molecule has 1 saturated heterocycles. The Bertz CT molecular complexity index is 1140. The minimum Gasteiger partial charge on any atom is -0.480 e. The smallest absolute Gasteiger partial charge is 0.325 e. The number of rotatable bonds is 5. The highest BCUT2D eigenvalue weighted by Crippen LogP contribution is 2.29. The van der Waals surface area contributed by atoms with Crippen LogP contribution in [0.4, 0.5) is 5.69 Å². The van der Waals surface area contributed by atoms with Crippen LogP contribution in [0.2, 0.25) is 0 Å². The van der Waals surface area contributed by atoms with Crippen molar-refractivity contribution in [3.05, 3.63) is 53.9 Å². The van der Waals surface area contributed by atoms with Gasteiger partial charge in [0.2, 0.25) is 10.0 Å². The molecule has 3 heterocycles. The number of carboxylic acids is 1. The second-order valence-corrected chi connectivity index (χ2v) is 9.85. The Morgan fingerprint density at radius 1 is 1.09 bits per heavy atom. The van der Waals surface area contributed by atoms with E-state index >= 15 is 0 Å². The Labute approximate surface area is 210 Å². The largest absolute Gasteiger partial charge is 0.480 e. The van der Waals surface area contributed by atoms with Gasteiger partial charge in [-0.1, -0.05) is 6.07 Å². The highest BCUT2D eigenvalue weighted by atomic mass is 35.5. The number of guanidine groups is 1. The Kier molecular flexibility index (Phi) is 8.75. The van der Waals surface area contributed by atoms with Crippen LogP contribution < -0.4 is 15.4 Å². The third-order valence-corrected chi connectivity index (χ3v) is 7.76. The van der Waals surface area contributed by atoms with Gasteiger partial charge in [-0.2, -0.15) is 4.72 Å². The van der Waals surface area contributed by atoms with Crippen molar-refractivity contribution in [1.82, 2.24) is 14.6 Å². The SMILES string of the molecule is Cl.Cl.N=C(N)N1CCc2ccc(S(=O)(=O)NC3(C(=O)O)CCN(c4ccncc4)CC3)cc2C1. The van der Waals surface area contributed by atoms with Crippen molar-refractivity contribution in [3.8, 4) is 0 Å². The van der Waals surface area contributed by atoms with Gasteiger partial charge < -0.3 is 20.6 Å². The minimum absolute atomic E-state index is 0. The number of nitrogens with zero attached hydrogens (tertiary/aromatic N) is 3. The average molecular weight is 531 g/mol. The number of nitrogens with one attached hydrogen (secondary N) is 2. The van der Waals surface area contributed by atoms with Crippen LogP contribution >= 0.6 is 24.8 Å². The predicted molar refractivity (Wildman–Crippen MR) is 133 cm³/mol. The van der Waals surface area contributed by atoms with E-state index in [4.69, 9.17) is 11.1 Å². The van der Waals surface area contributed by atoms with Crippen LogP contribution in [0.1, 0.15) is 24.0 Å². The lowest BCUT2D eigenvalue weighted by molar-refractivity contribution is -0.144. The molecule has 0 atom stereocenters. The monoisotopic (exact) mass is 530 g/mol. The summed E-state index contributed by atoms with van der Waals surface area (Å²) in [6.45, 7) is 1.75. The summed E-state index contributed by atoms with van der Waals surface area (Å²) in [6.07, 6.45) is 4.26. The molecule has 34 heavy (non-hydrogen) atoms. The molecule has 186 valence electrons. The number of aromatic nitrogens is 1. The number of sulfonamides is 1. The van der Waals surface area contributed by atoms with Crippen molar-refractivity contribution < 1.29 is 18.3 Å². The number of carboxylic acid groups (broad SMARTS) is 1. The number of pyridine rings is 1. The van der Waals surface area contributed by atoms with Crippen molar-refractivity contribution in [3.63, 3.8) is 0 Å². The molecule has 5 N–H and O–H groups in total. The van der Waals surface area contributed by atoms with E-state index < -0.39 is 21.5 Å². The zero-order valence-corrected chi connectivity index (χ0v) is 20.8. The van der Waals surface area contributed by atoms with Crippen LogP contribution in [-0.4, -0.2) is 60.5 Å². The fourth-order valence-electron chi connectivity index (χ4n) is 4.28. The Hall–Kier alpha value is -2.60. The predicted octanol–water partition coefficient (Wildman–Crippen LogP) is 1.58. The van der Waals surface area contributed by atoms with Gasteiger partial charge >= 0.3 is 5.97 Å². The molecule has 13 heteroatoms. The maximum Gasteiger partial charge on any atom is 0.325 e. The molecule has 1 aromatic carbocycles. The average Bonchev–Trinajstić information content (AvgIpc) is 2.79. The maximum atomic E-state index is 13.2. The molecule has 0 spiro atoms. The number of benzene rings is 1. The fourth-order valence-corrected chi connectivity index (χ4v) is 5.75. The standard InChI is InChI=1S/C21H26N6O4S.2ClH/c22-20(23)27-10-5-15-1-2-18(13-16(15)14-27)32(30,31)25-21(19(28)29)6-11-26(12-7-21)17-3-8-24-9-4-17;;/h1-4,8-9,13,25H,5-7,10-12,14H2,(H3,22,23)(H,28,29);2*1H. The highest BCUT2D eigenvalue weighted by Gasteiger charge is 2.45. The van der Waals surface area contributed by atoms with E-state index in [1.807, 2.05) is 17.0 Å². The van der Waals surface area contributed by atoms with Crippen molar-refractivity contribution in [1.29, 1.82) is 5.41 Å². The maximum absolute atomic E-state index is 13.2. The minimum atomic E-state index is -4.08. The number of piperidine rings is 1. The first kappa shape index (κ1) is 27.6. The lowest BCUT2D eigenvalue weighted by Gasteiger charge is -2.40. The van der Waals surface area contributed by atoms with Gasteiger partial charge in [0.25, 0.3) is 0 Å². The van der Waals surface area contributed by atoms with Gasteiger partial charge in [-0.05, 0) is 54.7 Å².